The lowest BCUT2D eigenvalue weighted by molar-refractivity contribution is -0.141. The van der Waals surface area contributed by atoms with Gasteiger partial charge in [-0.2, -0.15) is 0 Å². The lowest BCUT2D eigenvalue weighted by atomic mass is 10.1. The second-order valence-corrected chi connectivity index (χ2v) is 9.53. The first-order valence-electron chi connectivity index (χ1n) is 12.5. The van der Waals surface area contributed by atoms with Crippen molar-refractivity contribution in [3.63, 3.8) is 0 Å². The van der Waals surface area contributed by atoms with E-state index in [9.17, 15) is 9.59 Å². The maximum absolute atomic E-state index is 13.1. The Morgan fingerprint density at radius 3 is 2.49 bits per heavy atom. The van der Waals surface area contributed by atoms with Gasteiger partial charge in [0.15, 0.2) is 18.1 Å². The number of hydrogen-bond acceptors (Lipinski definition) is 7. The topological polar surface area (TPSA) is 80.8 Å². The summed E-state index contributed by atoms with van der Waals surface area (Å²) in [6.07, 6.45) is 0.782. The van der Waals surface area contributed by atoms with Crippen molar-refractivity contribution in [3.8, 4) is 17.2 Å². The molecule has 200 valence electrons. The highest BCUT2D eigenvalue weighted by molar-refractivity contribution is 6.30. The predicted molar refractivity (Wildman–Crippen MR) is 140 cm³/mol. The van der Waals surface area contributed by atoms with Crippen molar-refractivity contribution in [1.29, 1.82) is 0 Å². The van der Waals surface area contributed by atoms with Gasteiger partial charge in [0.2, 0.25) is 0 Å². The Morgan fingerprint density at radius 1 is 0.946 bits per heavy atom. The van der Waals surface area contributed by atoms with Crippen LogP contribution in [0.15, 0.2) is 42.5 Å². The van der Waals surface area contributed by atoms with Crippen molar-refractivity contribution in [2.75, 3.05) is 73.2 Å². The van der Waals surface area contributed by atoms with E-state index in [0.29, 0.717) is 67.2 Å². The molecule has 2 aromatic rings. The molecule has 0 N–H and O–H groups in total. The molecule has 2 aromatic carbocycles. The first kappa shape index (κ1) is 27.0. The standard InChI is InChI=1S/C27H34ClN3O6/c1-34-24-9-4-20(16-25(24)35-2)27(33)30-11-3-10-29(12-13-30)17-23-18-31(14-15-36-23)26(32)19-37-22-7-5-21(28)6-8-22/h4-9,16,23H,3,10-15,17-19H2,1-2H3/t23-/m0/s1. The van der Waals surface area contributed by atoms with Crippen molar-refractivity contribution in [2.24, 2.45) is 0 Å². The van der Waals surface area contributed by atoms with Gasteiger partial charge < -0.3 is 28.7 Å². The minimum atomic E-state index is -0.0821. The summed E-state index contributed by atoms with van der Waals surface area (Å²) < 4.78 is 22.2. The molecular formula is C27H34ClN3O6. The van der Waals surface area contributed by atoms with E-state index in [-0.39, 0.29) is 24.5 Å². The summed E-state index contributed by atoms with van der Waals surface area (Å²) in [5, 5.41) is 0.622. The molecule has 0 saturated carbocycles. The van der Waals surface area contributed by atoms with E-state index in [0.717, 1.165) is 19.5 Å². The zero-order valence-electron chi connectivity index (χ0n) is 21.4. The van der Waals surface area contributed by atoms with Gasteiger partial charge in [-0.25, -0.2) is 0 Å². The number of methoxy groups -OCH3 is 2. The van der Waals surface area contributed by atoms with Gasteiger partial charge in [-0.15, -0.1) is 0 Å². The van der Waals surface area contributed by atoms with Crippen molar-refractivity contribution < 1.29 is 28.5 Å². The third kappa shape index (κ3) is 7.28. The highest BCUT2D eigenvalue weighted by Gasteiger charge is 2.28. The number of benzene rings is 2. The quantitative estimate of drug-likeness (QED) is 0.518. The molecule has 2 heterocycles. The van der Waals surface area contributed by atoms with Crippen LogP contribution in [0.3, 0.4) is 0 Å². The van der Waals surface area contributed by atoms with Gasteiger partial charge in [0.1, 0.15) is 5.75 Å². The average Bonchev–Trinajstić information content (AvgIpc) is 3.17. The molecule has 37 heavy (non-hydrogen) atoms. The molecule has 2 saturated heterocycles. The molecule has 1 atom stereocenters. The number of rotatable bonds is 8. The van der Waals surface area contributed by atoms with Gasteiger partial charge >= 0.3 is 0 Å². The number of carbonyl (C=O) groups excluding carboxylic acids is 2. The van der Waals surface area contributed by atoms with Gasteiger partial charge in [0, 0.05) is 49.9 Å². The molecule has 0 unspecified atom stereocenters. The van der Waals surface area contributed by atoms with E-state index in [4.69, 9.17) is 30.5 Å². The van der Waals surface area contributed by atoms with Crippen LogP contribution >= 0.6 is 11.6 Å². The summed E-state index contributed by atoms with van der Waals surface area (Å²) >= 11 is 5.90. The van der Waals surface area contributed by atoms with Crippen molar-refractivity contribution in [1.82, 2.24) is 14.7 Å². The van der Waals surface area contributed by atoms with E-state index in [1.54, 1.807) is 61.6 Å². The molecule has 0 aromatic heterocycles. The Hall–Kier alpha value is -3.01. The van der Waals surface area contributed by atoms with Crippen LogP contribution in [0.1, 0.15) is 16.8 Å². The molecule has 10 heteroatoms. The first-order chi connectivity index (χ1) is 18.0. The maximum Gasteiger partial charge on any atom is 0.260 e. The Morgan fingerprint density at radius 2 is 1.73 bits per heavy atom. The highest BCUT2D eigenvalue weighted by Crippen LogP contribution is 2.28. The fourth-order valence-corrected chi connectivity index (χ4v) is 4.75. The molecular weight excluding hydrogens is 498 g/mol. The zero-order valence-corrected chi connectivity index (χ0v) is 22.1. The number of morpholine rings is 1. The van der Waals surface area contributed by atoms with Crippen LogP contribution in [-0.4, -0.2) is 106 Å². The normalized spacial score (nSPS) is 18.7. The molecule has 2 aliphatic heterocycles. The predicted octanol–water partition coefficient (Wildman–Crippen LogP) is 2.81. The van der Waals surface area contributed by atoms with Crippen LogP contribution in [-0.2, 0) is 9.53 Å². The summed E-state index contributed by atoms with van der Waals surface area (Å²) in [4.78, 5) is 31.8. The average molecular weight is 532 g/mol. The minimum absolute atomic E-state index is 0.0193. The SMILES string of the molecule is COc1ccc(C(=O)N2CCCN(C[C@H]3CN(C(=O)COc4ccc(Cl)cc4)CCO3)CC2)cc1OC. The van der Waals surface area contributed by atoms with Gasteiger partial charge in [-0.05, 0) is 55.4 Å². The third-order valence-electron chi connectivity index (χ3n) is 6.64. The Labute approximate surface area is 222 Å². The summed E-state index contributed by atoms with van der Waals surface area (Å²) in [6, 6.07) is 12.2. The fourth-order valence-electron chi connectivity index (χ4n) is 4.62. The van der Waals surface area contributed by atoms with Crippen molar-refractivity contribution in [3.05, 3.63) is 53.1 Å². The number of ether oxygens (including phenoxy) is 4. The molecule has 2 aliphatic rings. The Balaban J connectivity index is 1.26. The van der Waals surface area contributed by atoms with Crippen molar-refractivity contribution in [2.45, 2.75) is 12.5 Å². The summed E-state index contributed by atoms with van der Waals surface area (Å²) in [7, 11) is 3.13. The first-order valence-corrected chi connectivity index (χ1v) is 12.9. The molecule has 0 aliphatic carbocycles. The maximum atomic E-state index is 13.1. The molecule has 4 rings (SSSR count). The van der Waals surface area contributed by atoms with Crippen LogP contribution in [0.5, 0.6) is 17.2 Å². The highest BCUT2D eigenvalue weighted by atomic mass is 35.5. The third-order valence-corrected chi connectivity index (χ3v) is 6.89. The van der Waals surface area contributed by atoms with Gasteiger partial charge in [-0.3, -0.25) is 14.5 Å². The van der Waals surface area contributed by atoms with Crippen molar-refractivity contribution >= 4 is 23.4 Å². The van der Waals surface area contributed by atoms with Gasteiger partial charge in [-0.1, -0.05) is 11.6 Å². The Bertz CT molecular complexity index is 1070. The summed E-state index contributed by atoms with van der Waals surface area (Å²) in [5.74, 6) is 1.66. The van der Waals surface area contributed by atoms with E-state index < -0.39 is 0 Å². The number of halogens is 1. The smallest absolute Gasteiger partial charge is 0.260 e. The molecule has 9 nitrogen and oxygen atoms in total. The monoisotopic (exact) mass is 531 g/mol. The number of carbonyl (C=O) groups is 2. The second-order valence-electron chi connectivity index (χ2n) is 9.09. The molecule has 0 radical (unpaired) electrons. The second kappa shape index (κ2) is 13.0. The number of amides is 2. The minimum Gasteiger partial charge on any atom is -0.493 e. The molecule has 0 spiro atoms. The van der Waals surface area contributed by atoms with E-state index in [1.807, 2.05) is 4.90 Å². The van der Waals surface area contributed by atoms with Crippen LogP contribution in [0.25, 0.3) is 0 Å². The number of hydrogen-bond donors (Lipinski definition) is 0. The van der Waals surface area contributed by atoms with E-state index >= 15 is 0 Å². The van der Waals surface area contributed by atoms with Crippen LogP contribution in [0, 0.1) is 0 Å². The lowest BCUT2D eigenvalue weighted by Gasteiger charge is -2.35. The lowest BCUT2D eigenvalue weighted by Crippen LogP contribution is -2.51. The van der Waals surface area contributed by atoms with Gasteiger partial charge in [0.05, 0.1) is 26.9 Å². The van der Waals surface area contributed by atoms with Gasteiger partial charge in [0.25, 0.3) is 11.8 Å². The van der Waals surface area contributed by atoms with Crippen LogP contribution < -0.4 is 14.2 Å². The van der Waals surface area contributed by atoms with E-state index in [2.05, 4.69) is 4.90 Å². The molecule has 2 amide bonds. The number of nitrogens with zero attached hydrogens (tertiary/aromatic N) is 3. The van der Waals surface area contributed by atoms with E-state index in [1.165, 1.54) is 0 Å². The summed E-state index contributed by atoms with van der Waals surface area (Å²) in [5.41, 5.74) is 0.580. The fraction of sp³-hybridized carbons (Fsp3) is 0.481. The van der Waals surface area contributed by atoms with Crippen LogP contribution in [0.4, 0.5) is 0 Å². The van der Waals surface area contributed by atoms with Crippen LogP contribution in [0.2, 0.25) is 5.02 Å². The largest absolute Gasteiger partial charge is 0.493 e. The Kier molecular flexibility index (Phi) is 9.49. The zero-order chi connectivity index (χ0) is 26.2. The molecule has 0 bridgehead atoms. The summed E-state index contributed by atoms with van der Waals surface area (Å²) in [6.45, 7) is 5.16. The molecule has 2 fully saturated rings.